The molecule has 0 N–H and O–H groups in total. The molecule has 2 aromatic carbocycles. The van der Waals surface area contributed by atoms with Gasteiger partial charge in [-0.05, 0) is 93.7 Å². The first-order valence-corrected chi connectivity index (χ1v) is 13.0. The number of anilines is 1. The number of benzene rings is 2. The molecule has 4 nitrogen and oxygen atoms in total. The SMILES string of the molecule is Cc1cccc(N2C[C@@H](c3ccc(OC4CCCCCC4)c(OC4CCCC4)c3)CC2=O)c1. The molecule has 2 saturated carbocycles. The van der Waals surface area contributed by atoms with Crippen LogP contribution in [0.2, 0.25) is 0 Å². The smallest absolute Gasteiger partial charge is 0.227 e. The second-order valence-electron chi connectivity index (χ2n) is 10.2. The summed E-state index contributed by atoms with van der Waals surface area (Å²) in [6, 6.07) is 14.7. The summed E-state index contributed by atoms with van der Waals surface area (Å²) in [6.45, 7) is 2.79. The van der Waals surface area contributed by atoms with Crippen LogP contribution in [0.25, 0.3) is 0 Å². The van der Waals surface area contributed by atoms with Gasteiger partial charge in [0, 0.05) is 24.6 Å². The first kappa shape index (κ1) is 22.3. The Morgan fingerprint density at radius 2 is 1.45 bits per heavy atom. The molecule has 1 heterocycles. The first-order valence-electron chi connectivity index (χ1n) is 13.0. The van der Waals surface area contributed by atoms with Gasteiger partial charge in [-0.1, -0.05) is 31.0 Å². The highest BCUT2D eigenvalue weighted by atomic mass is 16.5. The van der Waals surface area contributed by atoms with E-state index in [9.17, 15) is 4.79 Å². The van der Waals surface area contributed by atoms with Crippen LogP contribution in [0.3, 0.4) is 0 Å². The molecule has 0 aromatic heterocycles. The monoisotopic (exact) mass is 447 g/mol. The van der Waals surface area contributed by atoms with Crippen molar-refractivity contribution < 1.29 is 14.3 Å². The molecule has 0 unspecified atom stereocenters. The number of aryl methyl sites for hydroxylation is 1. The van der Waals surface area contributed by atoms with Crippen molar-refractivity contribution in [2.75, 3.05) is 11.4 Å². The zero-order chi connectivity index (χ0) is 22.6. The predicted molar refractivity (Wildman–Crippen MR) is 132 cm³/mol. The van der Waals surface area contributed by atoms with Crippen molar-refractivity contribution in [1.82, 2.24) is 0 Å². The van der Waals surface area contributed by atoms with E-state index in [1.165, 1.54) is 49.7 Å². The Balaban J connectivity index is 1.36. The minimum atomic E-state index is 0.177. The molecule has 5 rings (SSSR count). The summed E-state index contributed by atoms with van der Waals surface area (Å²) in [5, 5.41) is 0. The molecule has 2 aromatic rings. The van der Waals surface area contributed by atoms with Gasteiger partial charge in [0.2, 0.25) is 5.91 Å². The number of hydrogen-bond acceptors (Lipinski definition) is 3. The van der Waals surface area contributed by atoms with Crippen LogP contribution in [0, 0.1) is 6.92 Å². The fourth-order valence-corrected chi connectivity index (χ4v) is 5.67. The largest absolute Gasteiger partial charge is 0.487 e. The van der Waals surface area contributed by atoms with Crippen LogP contribution in [0.15, 0.2) is 42.5 Å². The lowest BCUT2D eigenvalue weighted by Crippen LogP contribution is -2.24. The van der Waals surface area contributed by atoms with Gasteiger partial charge in [0.1, 0.15) is 0 Å². The molecular weight excluding hydrogens is 410 g/mol. The standard InChI is InChI=1S/C29H37NO3/c1-21-9-8-10-24(17-21)30-20-23(19-29(30)31)22-15-16-27(32-25-11-4-2-3-5-12-25)28(18-22)33-26-13-6-7-14-26/h8-10,15-18,23,25-26H,2-7,11-14,19-20H2,1H3/t23-/m0/s1. The number of carbonyl (C=O) groups excluding carboxylic acids is 1. The van der Waals surface area contributed by atoms with Crippen molar-refractivity contribution in [3.63, 3.8) is 0 Å². The number of carbonyl (C=O) groups is 1. The summed E-state index contributed by atoms with van der Waals surface area (Å²) in [5.74, 6) is 2.14. The Labute approximate surface area is 198 Å². The van der Waals surface area contributed by atoms with E-state index in [1.54, 1.807) is 0 Å². The molecule has 0 radical (unpaired) electrons. The summed E-state index contributed by atoms with van der Waals surface area (Å²) >= 11 is 0. The third kappa shape index (κ3) is 5.37. The van der Waals surface area contributed by atoms with Gasteiger partial charge in [0.15, 0.2) is 11.5 Å². The van der Waals surface area contributed by atoms with Gasteiger partial charge >= 0.3 is 0 Å². The van der Waals surface area contributed by atoms with Crippen molar-refractivity contribution in [2.24, 2.45) is 0 Å². The van der Waals surface area contributed by atoms with Gasteiger partial charge in [0.25, 0.3) is 0 Å². The van der Waals surface area contributed by atoms with Crippen LogP contribution in [-0.4, -0.2) is 24.7 Å². The highest BCUT2D eigenvalue weighted by molar-refractivity contribution is 5.96. The lowest BCUT2D eigenvalue weighted by atomic mass is 9.97. The minimum absolute atomic E-state index is 0.177. The maximum Gasteiger partial charge on any atom is 0.227 e. The molecule has 1 amide bonds. The Morgan fingerprint density at radius 3 is 2.15 bits per heavy atom. The van der Waals surface area contributed by atoms with Gasteiger partial charge in [-0.15, -0.1) is 0 Å². The lowest BCUT2D eigenvalue weighted by Gasteiger charge is -2.23. The normalized spacial score (nSPS) is 22.5. The maximum absolute atomic E-state index is 12.9. The number of rotatable bonds is 6. The van der Waals surface area contributed by atoms with E-state index < -0.39 is 0 Å². The Hall–Kier alpha value is -2.49. The van der Waals surface area contributed by atoms with Crippen molar-refractivity contribution in [3.05, 3.63) is 53.6 Å². The predicted octanol–water partition coefficient (Wildman–Crippen LogP) is 6.94. The summed E-state index contributed by atoms with van der Waals surface area (Å²) < 4.78 is 13.0. The Morgan fingerprint density at radius 1 is 0.788 bits per heavy atom. The van der Waals surface area contributed by atoms with Crippen molar-refractivity contribution in [2.45, 2.75) is 95.7 Å². The fourth-order valence-electron chi connectivity index (χ4n) is 5.67. The second kappa shape index (κ2) is 10.2. The minimum Gasteiger partial charge on any atom is -0.487 e. The third-order valence-electron chi connectivity index (χ3n) is 7.57. The number of amides is 1. The quantitative estimate of drug-likeness (QED) is 0.450. The molecule has 1 atom stereocenters. The second-order valence-corrected chi connectivity index (χ2v) is 10.2. The zero-order valence-electron chi connectivity index (χ0n) is 19.9. The molecule has 2 aliphatic carbocycles. The van der Waals surface area contributed by atoms with Crippen LogP contribution in [0.5, 0.6) is 11.5 Å². The van der Waals surface area contributed by atoms with Gasteiger partial charge in [0.05, 0.1) is 12.2 Å². The molecule has 4 heteroatoms. The summed E-state index contributed by atoms with van der Waals surface area (Å²) in [5.41, 5.74) is 3.36. The number of ether oxygens (including phenoxy) is 2. The third-order valence-corrected chi connectivity index (χ3v) is 7.57. The van der Waals surface area contributed by atoms with Crippen molar-refractivity contribution >= 4 is 11.6 Å². The van der Waals surface area contributed by atoms with Crippen molar-refractivity contribution in [1.29, 1.82) is 0 Å². The molecule has 3 fully saturated rings. The molecule has 0 spiro atoms. The molecular formula is C29H37NO3. The molecule has 0 bridgehead atoms. The Bertz CT molecular complexity index is 957. The average molecular weight is 448 g/mol. The van der Waals surface area contributed by atoms with Gasteiger partial charge < -0.3 is 14.4 Å². The lowest BCUT2D eigenvalue weighted by molar-refractivity contribution is -0.117. The zero-order valence-corrected chi connectivity index (χ0v) is 19.9. The molecule has 3 aliphatic rings. The van der Waals surface area contributed by atoms with E-state index in [0.717, 1.165) is 42.9 Å². The van der Waals surface area contributed by atoms with E-state index in [2.05, 4.69) is 37.3 Å². The molecule has 33 heavy (non-hydrogen) atoms. The fraction of sp³-hybridized carbons (Fsp3) is 0.552. The summed E-state index contributed by atoms with van der Waals surface area (Å²) in [4.78, 5) is 14.8. The summed E-state index contributed by atoms with van der Waals surface area (Å²) in [6.07, 6.45) is 13.2. The van der Waals surface area contributed by atoms with Crippen LogP contribution in [0.4, 0.5) is 5.69 Å². The van der Waals surface area contributed by atoms with Gasteiger partial charge in [-0.3, -0.25) is 4.79 Å². The van der Waals surface area contributed by atoms with Crippen molar-refractivity contribution in [3.8, 4) is 11.5 Å². The van der Waals surface area contributed by atoms with E-state index in [-0.39, 0.29) is 24.0 Å². The summed E-state index contributed by atoms with van der Waals surface area (Å²) in [7, 11) is 0. The Kier molecular flexibility index (Phi) is 6.89. The van der Waals surface area contributed by atoms with E-state index in [4.69, 9.17) is 9.47 Å². The maximum atomic E-state index is 12.9. The van der Waals surface area contributed by atoms with Gasteiger partial charge in [-0.2, -0.15) is 0 Å². The van der Waals surface area contributed by atoms with Gasteiger partial charge in [-0.25, -0.2) is 0 Å². The topological polar surface area (TPSA) is 38.8 Å². The number of hydrogen-bond donors (Lipinski definition) is 0. The molecule has 1 saturated heterocycles. The van der Waals surface area contributed by atoms with E-state index in [1.807, 2.05) is 17.0 Å². The van der Waals surface area contributed by atoms with Crippen LogP contribution in [0.1, 0.15) is 87.7 Å². The highest BCUT2D eigenvalue weighted by Gasteiger charge is 2.32. The average Bonchev–Trinajstić information content (AvgIpc) is 3.38. The molecule has 1 aliphatic heterocycles. The van der Waals surface area contributed by atoms with Crippen LogP contribution < -0.4 is 14.4 Å². The first-order chi connectivity index (χ1) is 16.2. The molecule has 176 valence electrons. The van der Waals surface area contributed by atoms with Crippen LogP contribution >= 0.6 is 0 Å². The highest BCUT2D eigenvalue weighted by Crippen LogP contribution is 2.39. The van der Waals surface area contributed by atoms with E-state index in [0.29, 0.717) is 13.0 Å². The number of nitrogens with zero attached hydrogens (tertiary/aromatic N) is 1. The van der Waals surface area contributed by atoms with Crippen LogP contribution in [-0.2, 0) is 4.79 Å². The van der Waals surface area contributed by atoms with E-state index >= 15 is 0 Å².